The Hall–Kier alpha value is -4.28. The summed E-state index contributed by atoms with van der Waals surface area (Å²) in [6, 6.07) is -5.63. The number of nitrogens with one attached hydrogen (secondary N) is 4. The summed E-state index contributed by atoms with van der Waals surface area (Å²) in [5, 5.41) is 54.0. The summed E-state index contributed by atoms with van der Waals surface area (Å²) in [7, 11) is 1.38. The maximum atomic E-state index is 12.2. The van der Waals surface area contributed by atoms with E-state index in [2.05, 4.69) is 21.3 Å². The van der Waals surface area contributed by atoms with Crippen LogP contribution in [0.1, 0.15) is 51.4 Å². The van der Waals surface area contributed by atoms with E-state index in [0.29, 0.717) is 0 Å². The van der Waals surface area contributed by atoms with Crippen molar-refractivity contribution in [2.45, 2.75) is 75.5 Å². The number of amides is 3. The number of aliphatic carboxylic acids is 5. The predicted octanol–water partition coefficient (Wildman–Crippen LogP) is -2.43. The number of carboxylic acids is 5. The third-order valence-corrected chi connectivity index (χ3v) is 5.17. The quantitative estimate of drug-likeness (QED) is 0.0765. The first kappa shape index (κ1) is 33.7. The van der Waals surface area contributed by atoms with E-state index in [1.54, 1.807) is 0 Å². The Morgan fingerprint density at radius 2 is 0.737 bits per heavy atom. The number of likely N-dealkylation sites (N-methyl/N-ethyl adjacent to an activating group) is 1. The zero-order chi connectivity index (χ0) is 29.4. The lowest BCUT2D eigenvalue weighted by molar-refractivity contribution is -0.144. The minimum atomic E-state index is -1.58. The van der Waals surface area contributed by atoms with Crippen LogP contribution in [0.5, 0.6) is 0 Å². The number of carboxylic acid groups (broad SMARTS) is 5. The SMILES string of the molecule is CNC(CCC(=O)N[C@@H](CCC(=O)NC(CCC(=O)N[C@@H](CCC(=O)O)C(=O)O)C(=O)O)C(=O)O)C(=O)O. The minimum absolute atomic E-state index is 0.120. The molecule has 0 aliphatic rings. The Morgan fingerprint density at radius 3 is 0.974 bits per heavy atom. The Balaban J connectivity index is 4.81. The molecule has 0 spiro atoms. The van der Waals surface area contributed by atoms with Crippen molar-refractivity contribution in [1.29, 1.82) is 0 Å². The molecule has 0 bridgehead atoms. The minimum Gasteiger partial charge on any atom is -0.481 e. The molecule has 214 valence electrons. The molecule has 0 fully saturated rings. The molecule has 2 unspecified atom stereocenters. The Labute approximate surface area is 216 Å². The monoisotopic (exact) mass is 548 g/mol. The van der Waals surface area contributed by atoms with Gasteiger partial charge < -0.3 is 46.8 Å². The van der Waals surface area contributed by atoms with Crippen molar-refractivity contribution < 1.29 is 63.9 Å². The molecule has 0 aliphatic heterocycles. The Bertz CT molecular complexity index is 908. The van der Waals surface area contributed by atoms with Crippen molar-refractivity contribution in [1.82, 2.24) is 21.3 Å². The number of carbonyl (C=O) groups excluding carboxylic acids is 3. The molecule has 17 heteroatoms. The van der Waals surface area contributed by atoms with Crippen LogP contribution < -0.4 is 21.3 Å². The standard InChI is InChI=1S/C21H32N4O13/c1-22-10(18(31)32)2-6-14(26)23-11(19(33)34)3-7-15(27)24-12(20(35)36)4-8-16(28)25-13(21(37)38)5-9-17(29)30/h10-13,22H,2-9H2,1H3,(H,23,26)(H,24,27)(H,25,28)(H,29,30)(H,31,32)(H,33,34)(H,35,36)(H,37,38)/t10?,11-,12?,13-/m0/s1. The van der Waals surface area contributed by atoms with Gasteiger partial charge in [0.1, 0.15) is 24.2 Å². The second kappa shape index (κ2) is 17.2. The molecular weight excluding hydrogens is 516 g/mol. The van der Waals surface area contributed by atoms with Crippen LogP contribution in [0.2, 0.25) is 0 Å². The zero-order valence-corrected chi connectivity index (χ0v) is 20.5. The van der Waals surface area contributed by atoms with Crippen LogP contribution in [0.15, 0.2) is 0 Å². The number of rotatable bonds is 20. The molecule has 0 radical (unpaired) electrons. The highest BCUT2D eigenvalue weighted by Crippen LogP contribution is 2.05. The molecular formula is C21H32N4O13. The molecule has 0 saturated carbocycles. The van der Waals surface area contributed by atoms with Crippen LogP contribution in [0.25, 0.3) is 0 Å². The summed E-state index contributed by atoms with van der Waals surface area (Å²) in [5.41, 5.74) is 0. The fraction of sp³-hybridized carbons (Fsp3) is 0.619. The molecule has 0 rings (SSSR count). The van der Waals surface area contributed by atoms with Gasteiger partial charge in [0.05, 0.1) is 0 Å². The van der Waals surface area contributed by atoms with Crippen LogP contribution in [0.4, 0.5) is 0 Å². The summed E-state index contributed by atoms with van der Waals surface area (Å²) in [5.74, 6) is -9.50. The first-order chi connectivity index (χ1) is 17.7. The third-order valence-electron chi connectivity index (χ3n) is 5.17. The van der Waals surface area contributed by atoms with Gasteiger partial charge in [0, 0.05) is 25.7 Å². The molecule has 0 aromatic heterocycles. The second-order valence-corrected chi connectivity index (χ2v) is 8.10. The average Bonchev–Trinajstić information content (AvgIpc) is 2.81. The normalized spacial score (nSPS) is 13.7. The van der Waals surface area contributed by atoms with Gasteiger partial charge in [-0.05, 0) is 32.7 Å². The lowest BCUT2D eigenvalue weighted by Crippen LogP contribution is -2.45. The number of hydrogen-bond acceptors (Lipinski definition) is 9. The smallest absolute Gasteiger partial charge is 0.326 e. The van der Waals surface area contributed by atoms with Crippen LogP contribution in [0.3, 0.4) is 0 Å². The molecule has 0 aliphatic carbocycles. The summed E-state index contributed by atoms with van der Waals surface area (Å²) in [6.45, 7) is 0. The van der Waals surface area contributed by atoms with Gasteiger partial charge >= 0.3 is 29.8 Å². The topological polar surface area (TPSA) is 286 Å². The van der Waals surface area contributed by atoms with E-state index >= 15 is 0 Å². The van der Waals surface area contributed by atoms with Crippen LogP contribution in [-0.2, 0) is 38.4 Å². The van der Waals surface area contributed by atoms with Crippen LogP contribution in [-0.4, -0.2) is 104 Å². The Morgan fingerprint density at radius 1 is 0.474 bits per heavy atom. The highest BCUT2D eigenvalue weighted by Gasteiger charge is 2.26. The average molecular weight is 549 g/mol. The van der Waals surface area contributed by atoms with E-state index in [1.807, 2.05) is 0 Å². The van der Waals surface area contributed by atoms with Crippen molar-refractivity contribution in [2.24, 2.45) is 0 Å². The molecule has 38 heavy (non-hydrogen) atoms. The fourth-order valence-electron chi connectivity index (χ4n) is 3.06. The summed E-state index contributed by atoms with van der Waals surface area (Å²) in [4.78, 5) is 91.7. The van der Waals surface area contributed by atoms with Gasteiger partial charge in [-0.15, -0.1) is 0 Å². The zero-order valence-electron chi connectivity index (χ0n) is 20.5. The molecule has 0 aromatic rings. The lowest BCUT2D eigenvalue weighted by atomic mass is 10.1. The maximum absolute atomic E-state index is 12.2. The third kappa shape index (κ3) is 14.3. The van der Waals surface area contributed by atoms with Crippen molar-refractivity contribution >= 4 is 47.6 Å². The lowest BCUT2D eigenvalue weighted by Gasteiger charge is -2.18. The van der Waals surface area contributed by atoms with Crippen molar-refractivity contribution in [2.75, 3.05) is 7.05 Å². The van der Waals surface area contributed by atoms with Gasteiger partial charge in [0.25, 0.3) is 0 Å². The molecule has 4 atom stereocenters. The van der Waals surface area contributed by atoms with Crippen molar-refractivity contribution in [3.63, 3.8) is 0 Å². The summed E-state index contributed by atoms with van der Waals surface area (Å²) >= 11 is 0. The van der Waals surface area contributed by atoms with Crippen molar-refractivity contribution in [3.05, 3.63) is 0 Å². The maximum Gasteiger partial charge on any atom is 0.326 e. The molecule has 3 amide bonds. The largest absolute Gasteiger partial charge is 0.481 e. The number of carbonyl (C=O) groups is 8. The molecule has 17 nitrogen and oxygen atoms in total. The molecule has 0 aromatic carbocycles. The summed E-state index contributed by atoms with van der Waals surface area (Å²) in [6.07, 6.45) is -3.26. The van der Waals surface area contributed by atoms with Gasteiger partial charge in [-0.1, -0.05) is 0 Å². The second-order valence-electron chi connectivity index (χ2n) is 8.10. The van der Waals surface area contributed by atoms with E-state index in [9.17, 15) is 48.6 Å². The van der Waals surface area contributed by atoms with Gasteiger partial charge in [-0.25, -0.2) is 14.4 Å². The Kier molecular flexibility index (Phi) is 15.3. The van der Waals surface area contributed by atoms with E-state index in [4.69, 9.17) is 15.3 Å². The highest BCUT2D eigenvalue weighted by molar-refractivity contribution is 5.87. The predicted molar refractivity (Wildman–Crippen MR) is 124 cm³/mol. The van der Waals surface area contributed by atoms with E-state index < -0.39 is 110 Å². The van der Waals surface area contributed by atoms with E-state index in [0.717, 1.165) is 0 Å². The summed E-state index contributed by atoms with van der Waals surface area (Å²) < 4.78 is 0. The fourth-order valence-corrected chi connectivity index (χ4v) is 3.06. The van der Waals surface area contributed by atoms with Crippen molar-refractivity contribution in [3.8, 4) is 0 Å². The van der Waals surface area contributed by atoms with Crippen LogP contribution in [0, 0.1) is 0 Å². The van der Waals surface area contributed by atoms with Crippen LogP contribution >= 0.6 is 0 Å². The van der Waals surface area contributed by atoms with Gasteiger partial charge in [0.2, 0.25) is 17.7 Å². The van der Waals surface area contributed by atoms with Gasteiger partial charge in [-0.3, -0.25) is 24.0 Å². The first-order valence-electron chi connectivity index (χ1n) is 11.4. The molecule has 9 N–H and O–H groups in total. The van der Waals surface area contributed by atoms with E-state index in [1.165, 1.54) is 7.05 Å². The molecule has 0 heterocycles. The number of hydrogen-bond donors (Lipinski definition) is 9. The van der Waals surface area contributed by atoms with E-state index in [-0.39, 0.29) is 12.8 Å². The molecule has 0 saturated heterocycles. The first-order valence-corrected chi connectivity index (χ1v) is 11.4. The highest BCUT2D eigenvalue weighted by atomic mass is 16.4. The van der Waals surface area contributed by atoms with Gasteiger partial charge in [0.15, 0.2) is 0 Å². The van der Waals surface area contributed by atoms with Gasteiger partial charge in [-0.2, -0.15) is 0 Å².